The van der Waals surface area contributed by atoms with E-state index in [1.165, 1.54) is 16.7 Å². The van der Waals surface area contributed by atoms with Crippen LogP contribution in [0.1, 0.15) is 23.1 Å². The summed E-state index contributed by atoms with van der Waals surface area (Å²) in [7, 11) is 1.75. The van der Waals surface area contributed by atoms with Gasteiger partial charge in [-0.3, -0.25) is 0 Å². The number of nitrogens with one attached hydrogen (secondary N) is 1. The quantitative estimate of drug-likeness (QED) is 0.887. The Labute approximate surface area is 109 Å². The maximum absolute atomic E-state index is 5.52. The molecule has 1 aliphatic heterocycles. The molecule has 100 valence electrons. The van der Waals surface area contributed by atoms with Crippen LogP contribution in [-0.2, 0) is 11.2 Å². The van der Waals surface area contributed by atoms with Crippen molar-refractivity contribution in [3.8, 4) is 5.75 Å². The topological polar surface area (TPSA) is 30.5 Å². The molecule has 1 aromatic carbocycles. The Bertz CT molecular complexity index is 398. The Hall–Kier alpha value is -1.06. The highest BCUT2D eigenvalue weighted by Gasteiger charge is 2.14. The third kappa shape index (κ3) is 3.24. The third-order valence-corrected chi connectivity index (χ3v) is 3.46. The highest BCUT2D eigenvalue weighted by atomic mass is 16.5. The number of rotatable bonds is 4. The van der Waals surface area contributed by atoms with E-state index in [4.69, 9.17) is 9.47 Å². The lowest BCUT2D eigenvalue weighted by molar-refractivity contribution is 0.0743. The third-order valence-electron chi connectivity index (χ3n) is 3.46. The maximum Gasteiger partial charge on any atom is 0.124 e. The SMILES string of the molecule is COc1c(C)cc(C)cc1CCC1COCCN1. The lowest BCUT2D eigenvalue weighted by Gasteiger charge is -2.24. The predicted molar refractivity (Wildman–Crippen MR) is 73.4 cm³/mol. The van der Waals surface area contributed by atoms with E-state index in [2.05, 4.69) is 31.3 Å². The van der Waals surface area contributed by atoms with Crippen LogP contribution in [0.25, 0.3) is 0 Å². The van der Waals surface area contributed by atoms with Crippen LogP contribution >= 0.6 is 0 Å². The van der Waals surface area contributed by atoms with Gasteiger partial charge in [0.25, 0.3) is 0 Å². The first-order valence-electron chi connectivity index (χ1n) is 6.66. The molecule has 0 spiro atoms. The van der Waals surface area contributed by atoms with Crippen molar-refractivity contribution in [2.45, 2.75) is 32.7 Å². The van der Waals surface area contributed by atoms with Gasteiger partial charge in [0, 0.05) is 12.6 Å². The van der Waals surface area contributed by atoms with Gasteiger partial charge in [0.05, 0.1) is 20.3 Å². The van der Waals surface area contributed by atoms with Crippen molar-refractivity contribution >= 4 is 0 Å². The fourth-order valence-corrected chi connectivity index (χ4v) is 2.65. The Morgan fingerprint density at radius 3 is 2.89 bits per heavy atom. The molecule has 18 heavy (non-hydrogen) atoms. The van der Waals surface area contributed by atoms with E-state index in [-0.39, 0.29) is 0 Å². The number of ether oxygens (including phenoxy) is 2. The van der Waals surface area contributed by atoms with Crippen LogP contribution in [0, 0.1) is 13.8 Å². The average molecular weight is 249 g/mol. The highest BCUT2D eigenvalue weighted by molar-refractivity contribution is 5.43. The van der Waals surface area contributed by atoms with E-state index in [0.717, 1.165) is 38.3 Å². The smallest absolute Gasteiger partial charge is 0.124 e. The summed E-state index contributed by atoms with van der Waals surface area (Å²) in [5.41, 5.74) is 3.83. The van der Waals surface area contributed by atoms with Crippen LogP contribution in [-0.4, -0.2) is 32.9 Å². The lowest BCUT2D eigenvalue weighted by atomic mass is 9.99. The van der Waals surface area contributed by atoms with Crippen LogP contribution < -0.4 is 10.1 Å². The summed E-state index contributed by atoms with van der Waals surface area (Å²) < 4.78 is 11.0. The first-order valence-corrected chi connectivity index (χ1v) is 6.66. The molecular weight excluding hydrogens is 226 g/mol. The number of methoxy groups -OCH3 is 1. The van der Waals surface area contributed by atoms with Gasteiger partial charge in [-0.25, -0.2) is 0 Å². The van der Waals surface area contributed by atoms with Gasteiger partial charge in [-0.15, -0.1) is 0 Å². The van der Waals surface area contributed by atoms with Crippen LogP contribution in [0.15, 0.2) is 12.1 Å². The second kappa shape index (κ2) is 6.21. The molecule has 0 radical (unpaired) electrons. The molecule has 1 N–H and O–H groups in total. The molecular formula is C15H23NO2. The zero-order chi connectivity index (χ0) is 13.0. The molecule has 0 saturated carbocycles. The monoisotopic (exact) mass is 249 g/mol. The van der Waals surface area contributed by atoms with E-state index in [1.807, 2.05) is 0 Å². The van der Waals surface area contributed by atoms with Gasteiger partial charge < -0.3 is 14.8 Å². The largest absolute Gasteiger partial charge is 0.496 e. The van der Waals surface area contributed by atoms with Crippen molar-refractivity contribution < 1.29 is 9.47 Å². The summed E-state index contributed by atoms with van der Waals surface area (Å²) in [5, 5.41) is 3.49. The molecule has 0 aliphatic carbocycles. The van der Waals surface area contributed by atoms with Crippen molar-refractivity contribution in [3.63, 3.8) is 0 Å². The molecule has 0 bridgehead atoms. The van der Waals surface area contributed by atoms with Gasteiger partial charge in [0.1, 0.15) is 5.75 Å². The Balaban J connectivity index is 2.03. The second-order valence-electron chi connectivity index (χ2n) is 5.04. The van der Waals surface area contributed by atoms with E-state index in [0.29, 0.717) is 6.04 Å². The summed E-state index contributed by atoms with van der Waals surface area (Å²) in [6.07, 6.45) is 2.13. The predicted octanol–water partition coefficient (Wildman–Crippen LogP) is 2.23. The van der Waals surface area contributed by atoms with E-state index < -0.39 is 0 Å². The van der Waals surface area contributed by atoms with Crippen molar-refractivity contribution in [1.29, 1.82) is 0 Å². The molecule has 1 fully saturated rings. The summed E-state index contributed by atoms with van der Waals surface area (Å²) in [6.45, 7) is 6.88. The highest BCUT2D eigenvalue weighted by Crippen LogP contribution is 2.26. The number of benzene rings is 1. The molecule has 1 unspecified atom stereocenters. The summed E-state index contributed by atoms with van der Waals surface area (Å²) in [6, 6.07) is 4.88. The van der Waals surface area contributed by atoms with Gasteiger partial charge in [-0.05, 0) is 37.8 Å². The van der Waals surface area contributed by atoms with Crippen molar-refractivity contribution in [1.82, 2.24) is 5.32 Å². The van der Waals surface area contributed by atoms with Crippen LogP contribution in [0.3, 0.4) is 0 Å². The van der Waals surface area contributed by atoms with Crippen LogP contribution in [0.4, 0.5) is 0 Å². The molecule has 0 aromatic heterocycles. The summed E-state index contributed by atoms with van der Waals surface area (Å²) in [4.78, 5) is 0. The van der Waals surface area contributed by atoms with Gasteiger partial charge in [0.15, 0.2) is 0 Å². The maximum atomic E-state index is 5.52. The second-order valence-corrected chi connectivity index (χ2v) is 5.04. The molecule has 1 aromatic rings. The first kappa shape index (κ1) is 13.4. The molecule has 1 atom stereocenters. The van der Waals surface area contributed by atoms with Crippen LogP contribution in [0.2, 0.25) is 0 Å². The van der Waals surface area contributed by atoms with E-state index in [9.17, 15) is 0 Å². The van der Waals surface area contributed by atoms with Gasteiger partial charge in [-0.2, -0.15) is 0 Å². The van der Waals surface area contributed by atoms with Crippen molar-refractivity contribution in [2.24, 2.45) is 0 Å². The normalized spacial score (nSPS) is 19.8. The van der Waals surface area contributed by atoms with Crippen molar-refractivity contribution in [3.05, 3.63) is 28.8 Å². The van der Waals surface area contributed by atoms with Crippen LogP contribution in [0.5, 0.6) is 5.75 Å². The summed E-state index contributed by atoms with van der Waals surface area (Å²) >= 11 is 0. The molecule has 1 heterocycles. The minimum atomic E-state index is 0.476. The number of hydrogen-bond acceptors (Lipinski definition) is 3. The Morgan fingerprint density at radius 2 is 2.22 bits per heavy atom. The number of hydrogen-bond donors (Lipinski definition) is 1. The molecule has 2 rings (SSSR count). The Morgan fingerprint density at radius 1 is 1.39 bits per heavy atom. The molecule has 1 saturated heterocycles. The van der Waals surface area contributed by atoms with Gasteiger partial charge >= 0.3 is 0 Å². The first-order chi connectivity index (χ1) is 8.70. The molecule has 1 aliphatic rings. The zero-order valence-corrected chi connectivity index (χ0v) is 11.6. The average Bonchev–Trinajstić information content (AvgIpc) is 2.37. The molecule has 0 amide bonds. The zero-order valence-electron chi connectivity index (χ0n) is 11.6. The minimum absolute atomic E-state index is 0.476. The van der Waals surface area contributed by atoms with E-state index in [1.54, 1.807) is 7.11 Å². The van der Waals surface area contributed by atoms with Gasteiger partial charge in [0.2, 0.25) is 0 Å². The molecule has 3 nitrogen and oxygen atoms in total. The number of morpholine rings is 1. The lowest BCUT2D eigenvalue weighted by Crippen LogP contribution is -2.41. The standard InChI is InChI=1S/C15H23NO2/c1-11-8-12(2)15(17-3)13(9-11)4-5-14-10-18-7-6-16-14/h8-9,14,16H,4-7,10H2,1-3H3. The molecule has 3 heteroatoms. The van der Waals surface area contributed by atoms with E-state index >= 15 is 0 Å². The Kier molecular flexibility index (Phi) is 4.61. The minimum Gasteiger partial charge on any atom is -0.496 e. The van der Waals surface area contributed by atoms with Gasteiger partial charge in [-0.1, -0.05) is 17.7 Å². The number of aryl methyl sites for hydroxylation is 3. The fourth-order valence-electron chi connectivity index (χ4n) is 2.65. The van der Waals surface area contributed by atoms with Crippen molar-refractivity contribution in [2.75, 3.05) is 26.9 Å². The summed E-state index contributed by atoms with van der Waals surface area (Å²) in [5.74, 6) is 1.04. The fraction of sp³-hybridized carbons (Fsp3) is 0.600.